The number of hydrogen-bond donors (Lipinski definition) is 5. The molecular formula is C39H35BrF2N12O5. The number of carbonyl (C=O) groups excluding carboxylic acids is 2. The Labute approximate surface area is 342 Å². The number of nitrogens with one attached hydrogen (secondary N) is 2. The van der Waals surface area contributed by atoms with Gasteiger partial charge in [-0.1, -0.05) is 11.8 Å². The lowest BCUT2D eigenvalue weighted by Gasteiger charge is -2.09. The fraction of sp³-hybridized carbons (Fsp3) is 0.333. The van der Waals surface area contributed by atoms with Gasteiger partial charge >= 0.3 is 0 Å². The number of amides is 2. The molecule has 6 aromatic rings. The second-order valence-electron chi connectivity index (χ2n) is 15.0. The first-order chi connectivity index (χ1) is 28.2. The first-order valence-electron chi connectivity index (χ1n) is 18.7. The maximum absolute atomic E-state index is 14.6. The molecule has 2 aliphatic carbocycles. The van der Waals surface area contributed by atoms with E-state index in [4.69, 9.17) is 20.9 Å². The summed E-state index contributed by atoms with van der Waals surface area (Å²) < 4.78 is 43.8. The Balaban J connectivity index is 0.000000154. The van der Waals surface area contributed by atoms with Crippen LogP contribution in [-0.4, -0.2) is 85.2 Å². The van der Waals surface area contributed by atoms with Crippen molar-refractivity contribution in [3.63, 3.8) is 0 Å². The summed E-state index contributed by atoms with van der Waals surface area (Å²) in [7, 11) is 0. The van der Waals surface area contributed by atoms with Crippen LogP contribution in [0, 0.1) is 23.5 Å². The number of imidazole rings is 2. The van der Waals surface area contributed by atoms with E-state index in [1.165, 1.54) is 32.0 Å². The van der Waals surface area contributed by atoms with Crippen molar-refractivity contribution in [2.75, 3.05) is 13.2 Å². The van der Waals surface area contributed by atoms with Gasteiger partial charge in [-0.15, -0.1) is 0 Å². The summed E-state index contributed by atoms with van der Waals surface area (Å²) in [6.45, 7) is 4.24. The Hall–Kier alpha value is -6.46. The molecule has 17 nitrogen and oxygen atoms in total. The number of aromatic amines is 2. The molecule has 2 fully saturated rings. The highest BCUT2D eigenvalue weighted by Gasteiger charge is 2.34. The van der Waals surface area contributed by atoms with Gasteiger partial charge in [0, 0.05) is 24.0 Å². The largest absolute Gasteiger partial charge is 0.491 e. The molecule has 6 heterocycles. The van der Waals surface area contributed by atoms with Crippen LogP contribution >= 0.6 is 15.9 Å². The molecule has 0 atom stereocenters. The van der Waals surface area contributed by atoms with Crippen molar-refractivity contribution in [1.82, 2.24) is 49.5 Å². The van der Waals surface area contributed by atoms with E-state index < -0.39 is 29.0 Å². The van der Waals surface area contributed by atoms with Gasteiger partial charge in [0.05, 0.1) is 34.3 Å². The molecule has 0 radical (unpaired) electrons. The topological polar surface area (TPSA) is 244 Å². The minimum atomic E-state index is -1.29. The van der Waals surface area contributed by atoms with Crippen molar-refractivity contribution in [3.8, 4) is 69.2 Å². The highest BCUT2D eigenvalue weighted by Crippen LogP contribution is 2.42. The average Bonchev–Trinajstić information content (AvgIpc) is 4.06. The van der Waals surface area contributed by atoms with Gasteiger partial charge in [0.25, 0.3) is 11.8 Å². The highest BCUT2D eigenvalue weighted by atomic mass is 79.9. The van der Waals surface area contributed by atoms with E-state index in [1.54, 1.807) is 15.2 Å². The van der Waals surface area contributed by atoms with E-state index in [9.17, 15) is 23.5 Å². The Morgan fingerprint density at radius 1 is 0.797 bits per heavy atom. The van der Waals surface area contributed by atoms with Gasteiger partial charge in [-0.2, -0.15) is 10.2 Å². The second kappa shape index (κ2) is 14.4. The first-order valence-corrected chi connectivity index (χ1v) is 19.5. The molecule has 0 saturated heterocycles. The molecule has 4 aromatic heterocycles. The Kier molecular flexibility index (Phi) is 9.31. The maximum Gasteiger partial charge on any atom is 0.269 e. The summed E-state index contributed by atoms with van der Waals surface area (Å²) in [5.74, 6) is 7.33. The van der Waals surface area contributed by atoms with Crippen LogP contribution in [0.4, 0.5) is 8.78 Å². The van der Waals surface area contributed by atoms with Crippen LogP contribution in [0.1, 0.15) is 89.6 Å². The van der Waals surface area contributed by atoms with Crippen LogP contribution in [-0.2, 0) is 13.1 Å². The fourth-order valence-electron chi connectivity index (χ4n) is 6.87. The molecule has 2 aromatic carbocycles. The third-order valence-electron chi connectivity index (χ3n) is 9.98. The Bertz CT molecular complexity index is 2760. The van der Waals surface area contributed by atoms with Crippen molar-refractivity contribution in [3.05, 3.63) is 69.0 Å². The number of primary amides is 2. The molecule has 4 aliphatic rings. The minimum Gasteiger partial charge on any atom is -0.491 e. The average molecular weight is 870 g/mol. The molecule has 59 heavy (non-hydrogen) atoms. The number of H-pyrrole nitrogens is 2. The quantitative estimate of drug-likeness (QED) is 0.145. The number of benzene rings is 2. The number of hydrogen-bond acceptors (Lipinski definition) is 11. The van der Waals surface area contributed by atoms with Gasteiger partial charge in [0.2, 0.25) is 0 Å². The predicted octanol–water partition coefficient (Wildman–Crippen LogP) is 4.57. The summed E-state index contributed by atoms with van der Waals surface area (Å²) in [4.78, 5) is 42.3. The zero-order valence-corrected chi connectivity index (χ0v) is 33.2. The monoisotopic (exact) mass is 868 g/mol. The molecule has 0 unspecified atom stereocenters. The number of ether oxygens (including phenoxy) is 2. The number of nitrogens with zero attached hydrogens (tertiary/aromatic N) is 8. The van der Waals surface area contributed by atoms with Crippen molar-refractivity contribution < 1.29 is 33.0 Å². The molecule has 0 bridgehead atoms. The summed E-state index contributed by atoms with van der Waals surface area (Å²) in [6.07, 6.45) is 4.23. The summed E-state index contributed by atoms with van der Waals surface area (Å²) in [5, 5.41) is 24.3. The van der Waals surface area contributed by atoms with E-state index >= 15 is 0 Å². The van der Waals surface area contributed by atoms with Gasteiger partial charge in [-0.25, -0.2) is 28.7 Å². The number of rotatable bonds is 6. The standard InChI is InChI=1S/C22H21FN6O3.C17H14BrFN6O2/c1-22(2,31)6-5-12-9-13-15(10-14(12)23)32-8-7-29-17(16(18(24)30)25-21(13)29)20-26-19(27-28-20)11-3-4-11;18-9-5-8-11(6-10(9)19)27-4-3-25-13(12(14(20)26)21-17(8)25)16-22-15(23-24-16)7-1-2-7/h9-11,31H,3-4,7-8H2,1-2H3,(H2,24,30)(H,26,27,28);5-7H,1-4H2,(H2,20,26)(H,22,23,24). The molecule has 302 valence electrons. The molecule has 2 saturated carbocycles. The van der Waals surface area contributed by atoms with E-state index in [0.717, 1.165) is 37.3 Å². The van der Waals surface area contributed by atoms with Crippen LogP contribution in [0.3, 0.4) is 0 Å². The lowest BCUT2D eigenvalue weighted by atomic mass is 10.1. The molecule has 7 N–H and O–H groups in total. The van der Waals surface area contributed by atoms with Gasteiger partial charge in [-0.05, 0) is 67.6 Å². The van der Waals surface area contributed by atoms with Gasteiger partial charge in [0.1, 0.15) is 76.6 Å². The van der Waals surface area contributed by atoms with Gasteiger partial charge < -0.3 is 35.2 Å². The molecule has 2 amide bonds. The third kappa shape index (κ3) is 7.31. The summed E-state index contributed by atoms with van der Waals surface area (Å²) in [5.41, 5.74) is 12.0. The van der Waals surface area contributed by atoms with Crippen molar-refractivity contribution in [2.24, 2.45) is 11.5 Å². The SMILES string of the molecule is CC(C)(O)C#Cc1cc2c(cc1F)OCCn1c-2nc(C(N)=O)c1-c1n[nH]c(C2CC2)n1.NC(=O)c1nc2n(c1-c1n[nH]c(C3CC3)n1)CCOc1cc(F)c(Br)cc1-2. The van der Waals surface area contributed by atoms with Crippen molar-refractivity contribution in [2.45, 2.75) is 70.1 Å². The Morgan fingerprint density at radius 2 is 1.27 bits per heavy atom. The van der Waals surface area contributed by atoms with E-state index in [1.807, 2.05) is 0 Å². The second-order valence-corrected chi connectivity index (χ2v) is 15.9. The smallest absolute Gasteiger partial charge is 0.269 e. The van der Waals surface area contributed by atoms with Crippen LogP contribution in [0.15, 0.2) is 28.7 Å². The molecule has 2 aliphatic heterocycles. The fourth-order valence-corrected chi connectivity index (χ4v) is 7.21. The number of halogens is 3. The number of aliphatic hydroxyl groups is 1. The predicted molar refractivity (Wildman–Crippen MR) is 209 cm³/mol. The minimum absolute atomic E-state index is 0.0302. The number of nitrogens with two attached hydrogens (primary N) is 2. The van der Waals surface area contributed by atoms with Gasteiger partial charge in [-0.3, -0.25) is 19.8 Å². The Morgan fingerprint density at radius 3 is 1.73 bits per heavy atom. The van der Waals surface area contributed by atoms with Crippen LogP contribution in [0.25, 0.3) is 45.8 Å². The molecule has 0 spiro atoms. The zero-order chi connectivity index (χ0) is 41.3. The molecule has 20 heteroatoms. The van der Waals surface area contributed by atoms with E-state index in [0.29, 0.717) is 76.5 Å². The summed E-state index contributed by atoms with van der Waals surface area (Å²) in [6, 6.07) is 5.60. The molecular weight excluding hydrogens is 834 g/mol. The number of aromatic nitrogens is 10. The lowest BCUT2D eigenvalue weighted by Crippen LogP contribution is -2.15. The van der Waals surface area contributed by atoms with Crippen LogP contribution in [0.2, 0.25) is 0 Å². The number of fused-ring (bicyclic) bond motifs is 6. The van der Waals surface area contributed by atoms with Crippen molar-refractivity contribution in [1.29, 1.82) is 0 Å². The van der Waals surface area contributed by atoms with Crippen LogP contribution in [0.5, 0.6) is 11.5 Å². The lowest BCUT2D eigenvalue weighted by molar-refractivity contribution is 0.0988. The van der Waals surface area contributed by atoms with E-state index in [-0.39, 0.29) is 40.4 Å². The van der Waals surface area contributed by atoms with Crippen molar-refractivity contribution >= 4 is 27.7 Å². The maximum atomic E-state index is 14.6. The summed E-state index contributed by atoms with van der Waals surface area (Å²) >= 11 is 3.19. The van der Waals surface area contributed by atoms with Crippen LogP contribution < -0.4 is 20.9 Å². The first kappa shape index (κ1) is 38.1. The third-order valence-corrected chi connectivity index (χ3v) is 10.6. The van der Waals surface area contributed by atoms with E-state index in [2.05, 4.69) is 68.1 Å². The highest BCUT2D eigenvalue weighted by molar-refractivity contribution is 9.10. The normalized spacial score (nSPS) is 15.4. The molecule has 10 rings (SSSR count). The zero-order valence-electron chi connectivity index (χ0n) is 31.6. The number of carbonyl (C=O) groups is 2. The van der Waals surface area contributed by atoms with Gasteiger partial charge in [0.15, 0.2) is 23.0 Å².